The number of amides is 1. The fraction of sp³-hybridized carbons (Fsp3) is 0.158. The zero-order chi connectivity index (χ0) is 19.6. The maximum Gasteiger partial charge on any atom is 0.271 e. The number of nitro groups is 1. The summed E-state index contributed by atoms with van der Waals surface area (Å²) in [5.74, 6) is -0.261. The number of carbonyl (C=O) groups excluding carboxylic acids is 1. The first-order valence-electron chi connectivity index (χ1n) is 8.13. The summed E-state index contributed by atoms with van der Waals surface area (Å²) in [6.45, 7) is 3.78. The number of fused-ring (bicyclic) bond motifs is 1. The highest BCUT2D eigenvalue weighted by Crippen LogP contribution is 2.29. The number of nitrogens with zero attached hydrogens (tertiary/aromatic N) is 2. The second kappa shape index (κ2) is 7.94. The van der Waals surface area contributed by atoms with E-state index >= 15 is 0 Å². The van der Waals surface area contributed by atoms with E-state index in [1.54, 1.807) is 6.92 Å². The van der Waals surface area contributed by atoms with Crippen LogP contribution >= 0.6 is 23.4 Å². The predicted octanol–water partition coefficient (Wildman–Crippen LogP) is 5.22. The number of rotatable bonds is 5. The Labute approximate surface area is 165 Å². The Bertz CT molecular complexity index is 1040. The minimum Gasteiger partial charge on any atom is -0.324 e. The van der Waals surface area contributed by atoms with Gasteiger partial charge in [-0.05, 0) is 37.6 Å². The highest BCUT2D eigenvalue weighted by molar-refractivity contribution is 8.00. The smallest absolute Gasteiger partial charge is 0.271 e. The average molecular weight is 402 g/mol. The van der Waals surface area contributed by atoms with Crippen molar-refractivity contribution in [2.75, 3.05) is 5.32 Å². The number of anilines is 1. The predicted molar refractivity (Wildman–Crippen MR) is 109 cm³/mol. The summed E-state index contributed by atoms with van der Waals surface area (Å²) in [4.78, 5) is 27.3. The Morgan fingerprint density at radius 1 is 1.26 bits per heavy atom. The maximum atomic E-state index is 12.5. The summed E-state index contributed by atoms with van der Waals surface area (Å²) in [6.07, 6.45) is 0. The summed E-state index contributed by atoms with van der Waals surface area (Å²) < 4.78 is 0. The first kappa shape index (κ1) is 19.1. The van der Waals surface area contributed by atoms with Gasteiger partial charge in [-0.15, -0.1) is 0 Å². The number of hydrogen-bond donors (Lipinski definition) is 1. The third kappa shape index (κ3) is 4.37. The number of halogens is 1. The number of aromatic nitrogens is 1. The molecule has 0 aliphatic carbocycles. The quantitative estimate of drug-likeness (QED) is 0.359. The highest BCUT2D eigenvalue weighted by Gasteiger charge is 2.18. The van der Waals surface area contributed by atoms with Gasteiger partial charge in [-0.2, -0.15) is 0 Å². The van der Waals surface area contributed by atoms with Crippen LogP contribution in [0, 0.1) is 17.0 Å². The van der Waals surface area contributed by atoms with Crippen molar-refractivity contribution < 1.29 is 9.72 Å². The molecule has 0 bridgehead atoms. The van der Waals surface area contributed by atoms with Crippen LogP contribution in [0.15, 0.2) is 53.6 Å². The van der Waals surface area contributed by atoms with E-state index in [1.807, 2.05) is 37.3 Å². The molecule has 138 valence electrons. The lowest BCUT2D eigenvalue weighted by Gasteiger charge is -2.13. The number of hydrogen-bond acceptors (Lipinski definition) is 5. The SMILES string of the molecule is Cc1cc(S[C@H](C)C(=O)Nc2ccc([N+](=O)[O-])cc2Cl)nc2ccccc12. The van der Waals surface area contributed by atoms with E-state index in [0.29, 0.717) is 5.69 Å². The largest absolute Gasteiger partial charge is 0.324 e. The van der Waals surface area contributed by atoms with Gasteiger partial charge >= 0.3 is 0 Å². The standard InChI is InChI=1S/C19H16ClN3O3S/c1-11-9-18(21-16-6-4-3-5-14(11)16)27-12(2)19(24)22-17-8-7-13(23(25)26)10-15(17)20/h3-10,12H,1-2H3,(H,22,24)/t12-/m1/s1. The molecular formula is C19H16ClN3O3S. The first-order chi connectivity index (χ1) is 12.8. The number of non-ortho nitro benzene ring substituents is 1. The number of nitro benzene ring substituents is 1. The summed E-state index contributed by atoms with van der Waals surface area (Å²) >= 11 is 7.37. The summed E-state index contributed by atoms with van der Waals surface area (Å²) in [7, 11) is 0. The molecule has 27 heavy (non-hydrogen) atoms. The Morgan fingerprint density at radius 3 is 2.70 bits per heavy atom. The van der Waals surface area contributed by atoms with Crippen molar-refractivity contribution in [3.05, 3.63) is 69.2 Å². The van der Waals surface area contributed by atoms with Crippen LogP contribution in [0.3, 0.4) is 0 Å². The molecule has 6 nitrogen and oxygen atoms in total. The molecule has 3 aromatic rings. The molecule has 1 heterocycles. The molecule has 0 spiro atoms. The van der Waals surface area contributed by atoms with Crippen molar-refractivity contribution in [1.82, 2.24) is 4.98 Å². The van der Waals surface area contributed by atoms with Crippen molar-refractivity contribution >= 4 is 51.5 Å². The molecule has 8 heteroatoms. The lowest BCUT2D eigenvalue weighted by Crippen LogP contribution is -2.22. The van der Waals surface area contributed by atoms with Gasteiger partial charge in [-0.3, -0.25) is 14.9 Å². The highest BCUT2D eigenvalue weighted by atomic mass is 35.5. The molecule has 0 unspecified atom stereocenters. The van der Waals surface area contributed by atoms with Crippen LogP contribution in [0.5, 0.6) is 0 Å². The van der Waals surface area contributed by atoms with Gasteiger partial charge < -0.3 is 5.32 Å². The van der Waals surface area contributed by atoms with Crippen LogP contribution in [0.4, 0.5) is 11.4 Å². The van der Waals surface area contributed by atoms with E-state index in [1.165, 1.54) is 30.0 Å². The van der Waals surface area contributed by atoms with Crippen molar-refractivity contribution in [2.24, 2.45) is 0 Å². The Kier molecular flexibility index (Phi) is 5.62. The average Bonchev–Trinajstić information content (AvgIpc) is 2.63. The van der Waals surface area contributed by atoms with Crippen molar-refractivity contribution in [1.29, 1.82) is 0 Å². The van der Waals surface area contributed by atoms with Crippen LogP contribution in [0.1, 0.15) is 12.5 Å². The Hall–Kier alpha value is -2.64. The van der Waals surface area contributed by atoms with Crippen molar-refractivity contribution in [2.45, 2.75) is 24.1 Å². The molecule has 0 aliphatic heterocycles. The zero-order valence-electron chi connectivity index (χ0n) is 14.6. The number of pyridine rings is 1. The van der Waals surface area contributed by atoms with Crippen LogP contribution in [0.2, 0.25) is 5.02 Å². The first-order valence-corrected chi connectivity index (χ1v) is 9.39. The van der Waals surface area contributed by atoms with E-state index in [4.69, 9.17) is 11.6 Å². The molecule has 3 rings (SSSR count). The summed E-state index contributed by atoms with van der Waals surface area (Å²) in [5.41, 5.74) is 2.18. The minimum atomic E-state index is -0.538. The number of nitrogens with one attached hydrogen (secondary N) is 1. The van der Waals surface area contributed by atoms with E-state index in [0.717, 1.165) is 21.5 Å². The van der Waals surface area contributed by atoms with Crippen molar-refractivity contribution in [3.63, 3.8) is 0 Å². The molecule has 1 atom stereocenters. The number of benzene rings is 2. The normalized spacial score (nSPS) is 12.0. The van der Waals surface area contributed by atoms with Gasteiger partial charge in [0.25, 0.3) is 5.69 Å². The number of aryl methyl sites for hydroxylation is 1. The molecule has 1 amide bonds. The topological polar surface area (TPSA) is 85.1 Å². The molecule has 0 saturated carbocycles. The minimum absolute atomic E-state index is 0.120. The lowest BCUT2D eigenvalue weighted by molar-refractivity contribution is -0.384. The molecule has 1 N–H and O–H groups in total. The summed E-state index contributed by atoms with van der Waals surface area (Å²) in [6, 6.07) is 13.7. The second-order valence-corrected chi connectivity index (χ2v) is 7.73. The van der Waals surface area contributed by atoms with Crippen molar-refractivity contribution in [3.8, 4) is 0 Å². The molecule has 2 aromatic carbocycles. The monoisotopic (exact) mass is 401 g/mol. The van der Waals surface area contributed by atoms with E-state index in [2.05, 4.69) is 10.3 Å². The second-order valence-electron chi connectivity index (χ2n) is 5.97. The van der Waals surface area contributed by atoms with Gasteiger partial charge in [0, 0.05) is 17.5 Å². The van der Waals surface area contributed by atoms with Crippen LogP contribution in [-0.4, -0.2) is 21.1 Å². The van der Waals surface area contributed by atoms with Crippen LogP contribution in [-0.2, 0) is 4.79 Å². The number of para-hydroxylation sites is 1. The van der Waals surface area contributed by atoms with Gasteiger partial charge in [0.1, 0.15) is 0 Å². The van der Waals surface area contributed by atoms with Crippen LogP contribution in [0.25, 0.3) is 10.9 Å². The molecular weight excluding hydrogens is 386 g/mol. The molecule has 0 radical (unpaired) electrons. The zero-order valence-corrected chi connectivity index (χ0v) is 16.2. The molecule has 0 aliphatic rings. The lowest BCUT2D eigenvalue weighted by atomic mass is 10.1. The fourth-order valence-corrected chi connectivity index (χ4v) is 3.71. The summed E-state index contributed by atoms with van der Waals surface area (Å²) in [5, 5.41) is 15.0. The Morgan fingerprint density at radius 2 is 2.00 bits per heavy atom. The Balaban J connectivity index is 1.74. The number of carbonyl (C=O) groups is 1. The van der Waals surface area contributed by atoms with E-state index < -0.39 is 10.2 Å². The van der Waals surface area contributed by atoms with Gasteiger partial charge in [0.2, 0.25) is 5.91 Å². The van der Waals surface area contributed by atoms with E-state index in [9.17, 15) is 14.9 Å². The van der Waals surface area contributed by atoms with Gasteiger partial charge in [-0.1, -0.05) is 41.6 Å². The third-order valence-electron chi connectivity index (χ3n) is 3.99. The third-order valence-corrected chi connectivity index (χ3v) is 5.32. The van der Waals surface area contributed by atoms with Gasteiger partial charge in [0.15, 0.2) is 0 Å². The number of thioether (sulfide) groups is 1. The van der Waals surface area contributed by atoms with E-state index in [-0.39, 0.29) is 16.6 Å². The fourth-order valence-electron chi connectivity index (χ4n) is 2.57. The van der Waals surface area contributed by atoms with Crippen LogP contribution < -0.4 is 5.32 Å². The van der Waals surface area contributed by atoms with Gasteiger partial charge in [0.05, 0.1) is 31.4 Å². The molecule has 1 aromatic heterocycles. The van der Waals surface area contributed by atoms with Gasteiger partial charge in [-0.25, -0.2) is 4.98 Å². The maximum absolute atomic E-state index is 12.5. The molecule has 0 saturated heterocycles. The molecule has 0 fully saturated rings.